The second-order valence-electron chi connectivity index (χ2n) is 3.56. The fraction of sp³-hybridized carbons (Fsp3) is 0.400. The summed E-state index contributed by atoms with van der Waals surface area (Å²) in [6.07, 6.45) is 0.944. The molecule has 0 fully saturated rings. The molecular formula is C10H13NO2. The van der Waals surface area contributed by atoms with Gasteiger partial charge in [-0.25, -0.2) is 0 Å². The molecule has 0 amide bonds. The number of phenols is 2. The third-order valence-electron chi connectivity index (χ3n) is 2.55. The molecule has 0 aromatic heterocycles. The van der Waals surface area contributed by atoms with E-state index in [9.17, 15) is 10.2 Å². The van der Waals surface area contributed by atoms with E-state index in [1.165, 1.54) is 0 Å². The van der Waals surface area contributed by atoms with E-state index in [0.717, 1.165) is 30.6 Å². The maximum Gasteiger partial charge on any atom is 0.162 e. The Hall–Kier alpha value is -1.22. The maximum absolute atomic E-state index is 9.58. The minimum absolute atomic E-state index is 0.0194. The summed E-state index contributed by atoms with van der Waals surface area (Å²) in [4.78, 5) is 2.13. The van der Waals surface area contributed by atoms with Gasteiger partial charge in [-0.1, -0.05) is 6.07 Å². The van der Waals surface area contributed by atoms with Gasteiger partial charge in [0.25, 0.3) is 0 Å². The van der Waals surface area contributed by atoms with E-state index in [-0.39, 0.29) is 11.5 Å². The lowest BCUT2D eigenvalue weighted by atomic mass is 9.99. The summed E-state index contributed by atoms with van der Waals surface area (Å²) >= 11 is 0. The van der Waals surface area contributed by atoms with Gasteiger partial charge < -0.3 is 15.1 Å². The molecule has 0 saturated carbocycles. The molecule has 1 aliphatic rings. The third kappa shape index (κ3) is 1.35. The first-order valence-electron chi connectivity index (χ1n) is 4.39. The monoisotopic (exact) mass is 179 g/mol. The minimum atomic E-state index is -0.0194. The van der Waals surface area contributed by atoms with Gasteiger partial charge in [0.2, 0.25) is 0 Å². The Labute approximate surface area is 77.2 Å². The molecule has 0 saturated heterocycles. The Kier molecular flexibility index (Phi) is 1.88. The number of fused-ring (bicyclic) bond motifs is 1. The van der Waals surface area contributed by atoms with Gasteiger partial charge in [0.05, 0.1) is 0 Å². The highest BCUT2D eigenvalue weighted by Crippen LogP contribution is 2.34. The van der Waals surface area contributed by atoms with Gasteiger partial charge in [0.15, 0.2) is 11.5 Å². The molecule has 0 aliphatic carbocycles. The summed E-state index contributed by atoms with van der Waals surface area (Å²) in [6, 6.07) is 3.44. The van der Waals surface area contributed by atoms with Crippen LogP contribution in [0.4, 0.5) is 0 Å². The lowest BCUT2D eigenvalue weighted by Gasteiger charge is -2.25. The molecule has 0 bridgehead atoms. The van der Waals surface area contributed by atoms with Crippen LogP contribution in [-0.4, -0.2) is 28.7 Å². The molecule has 1 aliphatic heterocycles. The quantitative estimate of drug-likeness (QED) is 0.586. The molecule has 2 rings (SSSR count). The number of likely N-dealkylation sites (N-methyl/N-ethyl adjacent to an activating group) is 1. The normalized spacial score (nSPS) is 17.0. The van der Waals surface area contributed by atoms with Gasteiger partial charge in [-0.2, -0.15) is 0 Å². The molecular weight excluding hydrogens is 166 g/mol. The molecule has 0 atom stereocenters. The van der Waals surface area contributed by atoms with Gasteiger partial charge in [0, 0.05) is 18.7 Å². The topological polar surface area (TPSA) is 43.7 Å². The van der Waals surface area contributed by atoms with Crippen LogP contribution in [0.25, 0.3) is 0 Å². The molecule has 3 heteroatoms. The summed E-state index contributed by atoms with van der Waals surface area (Å²) in [5.74, 6) is 0.0260. The first-order chi connectivity index (χ1) is 6.18. The zero-order valence-electron chi connectivity index (χ0n) is 7.62. The number of benzene rings is 1. The van der Waals surface area contributed by atoms with Crippen LogP contribution >= 0.6 is 0 Å². The molecule has 0 spiro atoms. The van der Waals surface area contributed by atoms with Gasteiger partial charge in [-0.3, -0.25) is 0 Å². The predicted molar refractivity (Wildman–Crippen MR) is 49.8 cm³/mol. The first kappa shape index (κ1) is 8.38. The average Bonchev–Trinajstić information content (AvgIpc) is 2.12. The second-order valence-corrected chi connectivity index (χ2v) is 3.56. The largest absolute Gasteiger partial charge is 0.504 e. The van der Waals surface area contributed by atoms with Crippen molar-refractivity contribution in [3.63, 3.8) is 0 Å². The van der Waals surface area contributed by atoms with Crippen molar-refractivity contribution in [3.05, 3.63) is 23.3 Å². The predicted octanol–water partition coefficient (Wildman–Crippen LogP) is 1.09. The molecule has 13 heavy (non-hydrogen) atoms. The highest BCUT2D eigenvalue weighted by molar-refractivity contribution is 5.49. The molecule has 70 valence electrons. The van der Waals surface area contributed by atoms with Crippen LogP contribution in [0.15, 0.2) is 12.1 Å². The fourth-order valence-electron chi connectivity index (χ4n) is 1.74. The Balaban J connectivity index is 2.48. The SMILES string of the molecule is CN1CCc2ccc(O)c(O)c2C1. The second kappa shape index (κ2) is 2.92. The van der Waals surface area contributed by atoms with Crippen LogP contribution in [-0.2, 0) is 13.0 Å². The molecule has 1 heterocycles. The molecule has 1 aromatic carbocycles. The molecule has 0 unspecified atom stereocenters. The Morgan fingerprint density at radius 1 is 1.31 bits per heavy atom. The minimum Gasteiger partial charge on any atom is -0.504 e. The van der Waals surface area contributed by atoms with Crippen molar-refractivity contribution in [2.45, 2.75) is 13.0 Å². The van der Waals surface area contributed by atoms with Crippen molar-refractivity contribution in [1.82, 2.24) is 4.90 Å². The number of hydrogen-bond acceptors (Lipinski definition) is 3. The highest BCUT2D eigenvalue weighted by atomic mass is 16.3. The molecule has 2 N–H and O–H groups in total. The molecule has 3 nitrogen and oxygen atoms in total. The van der Waals surface area contributed by atoms with Crippen molar-refractivity contribution >= 4 is 0 Å². The first-order valence-corrected chi connectivity index (χ1v) is 4.39. The van der Waals surface area contributed by atoms with Crippen molar-refractivity contribution in [1.29, 1.82) is 0 Å². The zero-order valence-corrected chi connectivity index (χ0v) is 7.62. The van der Waals surface area contributed by atoms with E-state index < -0.39 is 0 Å². The van der Waals surface area contributed by atoms with E-state index in [1.54, 1.807) is 6.07 Å². The Bertz CT molecular complexity index is 336. The van der Waals surface area contributed by atoms with Crippen LogP contribution in [0.5, 0.6) is 11.5 Å². The van der Waals surface area contributed by atoms with Crippen LogP contribution in [0, 0.1) is 0 Å². The number of rotatable bonds is 0. The highest BCUT2D eigenvalue weighted by Gasteiger charge is 2.18. The van der Waals surface area contributed by atoms with Gasteiger partial charge in [-0.15, -0.1) is 0 Å². The van der Waals surface area contributed by atoms with Crippen molar-refractivity contribution in [2.24, 2.45) is 0 Å². The molecule has 1 aromatic rings. The number of aromatic hydroxyl groups is 2. The van der Waals surface area contributed by atoms with Crippen LogP contribution < -0.4 is 0 Å². The van der Waals surface area contributed by atoms with E-state index in [2.05, 4.69) is 4.90 Å². The van der Waals surface area contributed by atoms with E-state index >= 15 is 0 Å². The van der Waals surface area contributed by atoms with Crippen molar-refractivity contribution in [2.75, 3.05) is 13.6 Å². The average molecular weight is 179 g/mol. The Morgan fingerprint density at radius 2 is 2.08 bits per heavy atom. The van der Waals surface area contributed by atoms with Crippen LogP contribution in [0.3, 0.4) is 0 Å². The fourth-order valence-corrected chi connectivity index (χ4v) is 1.74. The maximum atomic E-state index is 9.58. The number of nitrogens with zero attached hydrogens (tertiary/aromatic N) is 1. The van der Waals surface area contributed by atoms with E-state index in [4.69, 9.17) is 0 Å². The zero-order chi connectivity index (χ0) is 9.42. The summed E-state index contributed by atoms with van der Waals surface area (Å²) in [6.45, 7) is 1.73. The summed E-state index contributed by atoms with van der Waals surface area (Å²) in [7, 11) is 2.01. The standard InChI is InChI=1S/C10H13NO2/c1-11-5-4-7-2-3-9(12)10(13)8(7)6-11/h2-3,12-13H,4-6H2,1H3. The summed E-state index contributed by atoms with van der Waals surface area (Å²) in [5.41, 5.74) is 2.02. The van der Waals surface area contributed by atoms with E-state index in [0.29, 0.717) is 0 Å². The summed E-state index contributed by atoms with van der Waals surface area (Å²) < 4.78 is 0. The number of hydrogen-bond donors (Lipinski definition) is 2. The van der Waals surface area contributed by atoms with Gasteiger partial charge >= 0.3 is 0 Å². The van der Waals surface area contributed by atoms with E-state index in [1.807, 2.05) is 13.1 Å². The third-order valence-corrected chi connectivity index (χ3v) is 2.55. The smallest absolute Gasteiger partial charge is 0.162 e. The van der Waals surface area contributed by atoms with Crippen molar-refractivity contribution < 1.29 is 10.2 Å². The lowest BCUT2D eigenvalue weighted by molar-refractivity contribution is 0.300. The lowest BCUT2D eigenvalue weighted by Crippen LogP contribution is -2.26. The Morgan fingerprint density at radius 3 is 2.85 bits per heavy atom. The van der Waals surface area contributed by atoms with Crippen LogP contribution in [0.2, 0.25) is 0 Å². The number of phenolic OH excluding ortho intramolecular Hbond substituents is 2. The summed E-state index contributed by atoms with van der Waals surface area (Å²) in [5, 5.41) is 18.9. The van der Waals surface area contributed by atoms with Gasteiger partial charge in [-0.05, 0) is 25.1 Å². The van der Waals surface area contributed by atoms with Gasteiger partial charge in [0.1, 0.15) is 0 Å². The van der Waals surface area contributed by atoms with Crippen LogP contribution in [0.1, 0.15) is 11.1 Å². The molecule has 0 radical (unpaired) electrons. The van der Waals surface area contributed by atoms with Crippen molar-refractivity contribution in [3.8, 4) is 11.5 Å².